The van der Waals surface area contributed by atoms with Crippen LogP contribution in [-0.4, -0.2) is 27.8 Å². The highest BCUT2D eigenvalue weighted by atomic mass is 32.2. The topological polar surface area (TPSA) is 58.2 Å². The summed E-state index contributed by atoms with van der Waals surface area (Å²) in [4.78, 5) is 0.372. The molecule has 1 aromatic carbocycles. The van der Waals surface area contributed by atoms with Gasteiger partial charge in [0, 0.05) is 19.3 Å². The molecule has 0 bridgehead atoms. The molecule has 0 fully saturated rings. The average molecular weight is 268 g/mol. The van der Waals surface area contributed by atoms with Gasteiger partial charge in [-0.3, -0.25) is 0 Å². The smallest absolute Gasteiger partial charge is 0.177 e. The van der Waals surface area contributed by atoms with Gasteiger partial charge in [-0.05, 0) is 24.0 Å². The summed E-state index contributed by atoms with van der Waals surface area (Å²) in [5.74, 6) is 1.05. The van der Waals surface area contributed by atoms with Crippen LogP contribution in [0.5, 0.6) is 0 Å². The maximum atomic E-state index is 11.8. The normalized spacial score (nSPS) is 19.7. The summed E-state index contributed by atoms with van der Waals surface area (Å²) in [5.41, 5.74) is 1.59. The third-order valence-electron chi connectivity index (χ3n) is 3.46. The van der Waals surface area contributed by atoms with Crippen LogP contribution in [-0.2, 0) is 9.84 Å². The lowest BCUT2D eigenvalue weighted by Crippen LogP contribution is -2.24. The average Bonchev–Trinajstić information content (AvgIpc) is 2.49. The zero-order valence-corrected chi connectivity index (χ0v) is 11.8. The molecular weight excluding hydrogens is 248 g/mol. The quantitative estimate of drug-likeness (QED) is 0.863. The van der Waals surface area contributed by atoms with E-state index in [1.54, 1.807) is 12.1 Å². The third kappa shape index (κ3) is 2.61. The molecule has 0 saturated carbocycles. The molecule has 1 aliphatic heterocycles. The van der Waals surface area contributed by atoms with Crippen molar-refractivity contribution in [3.63, 3.8) is 0 Å². The summed E-state index contributed by atoms with van der Waals surface area (Å²) >= 11 is 0. The van der Waals surface area contributed by atoms with E-state index in [2.05, 4.69) is 24.5 Å². The first kappa shape index (κ1) is 13.2. The summed E-state index contributed by atoms with van der Waals surface area (Å²) in [6.45, 7) is 6.03. The first-order valence-corrected chi connectivity index (χ1v) is 8.09. The molecule has 1 atom stereocenters. The van der Waals surface area contributed by atoms with Crippen LogP contribution < -0.4 is 10.6 Å². The maximum absolute atomic E-state index is 11.8. The molecule has 100 valence electrons. The van der Waals surface area contributed by atoms with E-state index in [0.717, 1.165) is 18.8 Å². The number of sulfone groups is 1. The van der Waals surface area contributed by atoms with Crippen LogP contribution >= 0.6 is 0 Å². The molecule has 18 heavy (non-hydrogen) atoms. The van der Waals surface area contributed by atoms with Crippen LogP contribution in [0, 0.1) is 11.8 Å². The number of nitrogens with one attached hydrogen (secondary N) is 2. The Morgan fingerprint density at radius 3 is 2.50 bits per heavy atom. The molecule has 2 N–H and O–H groups in total. The molecule has 0 radical (unpaired) electrons. The van der Waals surface area contributed by atoms with E-state index < -0.39 is 9.84 Å². The molecule has 1 heterocycles. The van der Waals surface area contributed by atoms with Gasteiger partial charge in [0.15, 0.2) is 9.84 Å². The van der Waals surface area contributed by atoms with E-state index in [1.165, 1.54) is 6.26 Å². The Hall–Kier alpha value is -1.23. The minimum absolute atomic E-state index is 0.372. The summed E-state index contributed by atoms with van der Waals surface area (Å²) in [6, 6.07) is 5.35. The number of anilines is 2. The molecule has 4 nitrogen and oxygen atoms in total. The van der Waals surface area contributed by atoms with Crippen LogP contribution in [0.1, 0.15) is 13.8 Å². The Morgan fingerprint density at radius 2 is 1.89 bits per heavy atom. The van der Waals surface area contributed by atoms with Gasteiger partial charge < -0.3 is 10.6 Å². The van der Waals surface area contributed by atoms with E-state index in [9.17, 15) is 8.42 Å². The highest BCUT2D eigenvalue weighted by Gasteiger charge is 2.22. The predicted octanol–water partition coefficient (Wildman–Crippen LogP) is 2.20. The van der Waals surface area contributed by atoms with Gasteiger partial charge in [-0.2, -0.15) is 0 Å². The lowest BCUT2D eigenvalue weighted by atomic mass is 9.96. The lowest BCUT2D eigenvalue weighted by Gasteiger charge is -2.18. The van der Waals surface area contributed by atoms with E-state index in [4.69, 9.17) is 0 Å². The van der Waals surface area contributed by atoms with Crippen molar-refractivity contribution >= 4 is 21.2 Å². The first-order chi connectivity index (χ1) is 8.39. The molecule has 0 saturated heterocycles. The second-order valence-electron chi connectivity index (χ2n) is 5.22. The van der Waals surface area contributed by atoms with Crippen LogP contribution in [0.3, 0.4) is 0 Å². The summed E-state index contributed by atoms with van der Waals surface area (Å²) in [7, 11) is -3.20. The lowest BCUT2D eigenvalue weighted by molar-refractivity contribution is 0.426. The van der Waals surface area contributed by atoms with E-state index in [1.807, 2.05) is 6.07 Å². The van der Waals surface area contributed by atoms with Gasteiger partial charge in [-0.25, -0.2) is 8.42 Å². The minimum atomic E-state index is -3.20. The predicted molar refractivity (Wildman–Crippen MR) is 74.9 cm³/mol. The fraction of sp³-hybridized carbons (Fsp3) is 0.538. The van der Waals surface area contributed by atoms with E-state index >= 15 is 0 Å². The molecule has 0 aliphatic carbocycles. The zero-order valence-electron chi connectivity index (χ0n) is 11.0. The van der Waals surface area contributed by atoms with Gasteiger partial charge in [-0.1, -0.05) is 19.9 Å². The number of benzene rings is 1. The first-order valence-electron chi connectivity index (χ1n) is 6.20. The Bertz CT molecular complexity index is 538. The molecule has 2 rings (SSSR count). The fourth-order valence-electron chi connectivity index (χ4n) is 2.19. The molecule has 1 aliphatic rings. The number of fused-ring (bicyclic) bond motifs is 1. The van der Waals surface area contributed by atoms with E-state index in [0.29, 0.717) is 22.4 Å². The van der Waals surface area contributed by atoms with Gasteiger partial charge >= 0.3 is 0 Å². The van der Waals surface area contributed by atoms with Crippen LogP contribution in [0.25, 0.3) is 0 Å². The van der Waals surface area contributed by atoms with Crippen molar-refractivity contribution in [2.24, 2.45) is 11.8 Å². The summed E-state index contributed by atoms with van der Waals surface area (Å²) in [5, 5.41) is 6.63. The maximum Gasteiger partial charge on any atom is 0.177 e. The summed E-state index contributed by atoms with van der Waals surface area (Å²) < 4.78 is 23.5. The van der Waals surface area contributed by atoms with Crippen molar-refractivity contribution in [1.29, 1.82) is 0 Å². The standard InChI is InChI=1S/C13H20N2O2S/c1-9(2)10-7-14-11-5-4-6-12(18(3,16)17)13(11)15-8-10/h4-6,9-10,14-15H,7-8H2,1-3H3. The number of rotatable bonds is 2. The molecule has 5 heteroatoms. The molecular formula is C13H20N2O2S. The number of para-hydroxylation sites is 1. The van der Waals surface area contributed by atoms with Gasteiger partial charge in [0.2, 0.25) is 0 Å². The second kappa shape index (κ2) is 4.80. The highest BCUT2D eigenvalue weighted by Crippen LogP contribution is 2.32. The number of hydrogen-bond acceptors (Lipinski definition) is 4. The zero-order chi connectivity index (χ0) is 13.3. The highest BCUT2D eigenvalue weighted by molar-refractivity contribution is 7.90. The van der Waals surface area contributed by atoms with Crippen molar-refractivity contribution in [3.8, 4) is 0 Å². The van der Waals surface area contributed by atoms with Gasteiger partial charge in [-0.15, -0.1) is 0 Å². The molecule has 1 unspecified atom stereocenters. The van der Waals surface area contributed by atoms with Crippen molar-refractivity contribution in [2.45, 2.75) is 18.7 Å². The molecule has 0 aromatic heterocycles. The molecule has 1 aromatic rings. The second-order valence-corrected chi connectivity index (χ2v) is 7.20. The van der Waals surface area contributed by atoms with Crippen molar-refractivity contribution in [2.75, 3.05) is 30.0 Å². The van der Waals surface area contributed by atoms with Crippen LogP contribution in [0.4, 0.5) is 11.4 Å². The third-order valence-corrected chi connectivity index (χ3v) is 4.60. The SMILES string of the molecule is CC(C)C1CNc2cccc(S(C)(=O)=O)c2NC1. The monoisotopic (exact) mass is 268 g/mol. The van der Waals surface area contributed by atoms with Gasteiger partial charge in [0.05, 0.1) is 16.3 Å². The van der Waals surface area contributed by atoms with Crippen molar-refractivity contribution in [1.82, 2.24) is 0 Å². The minimum Gasteiger partial charge on any atom is -0.383 e. The molecule has 0 spiro atoms. The van der Waals surface area contributed by atoms with E-state index in [-0.39, 0.29) is 0 Å². The van der Waals surface area contributed by atoms with Crippen molar-refractivity contribution in [3.05, 3.63) is 18.2 Å². The van der Waals surface area contributed by atoms with Crippen molar-refractivity contribution < 1.29 is 8.42 Å². The summed E-state index contributed by atoms with van der Waals surface area (Å²) in [6.07, 6.45) is 1.25. The Balaban J connectivity index is 2.39. The van der Waals surface area contributed by atoms with Gasteiger partial charge in [0.1, 0.15) is 0 Å². The largest absolute Gasteiger partial charge is 0.383 e. The Kier molecular flexibility index (Phi) is 3.52. The fourth-order valence-corrected chi connectivity index (χ4v) is 3.07. The van der Waals surface area contributed by atoms with Crippen LogP contribution in [0.15, 0.2) is 23.1 Å². The Morgan fingerprint density at radius 1 is 1.22 bits per heavy atom. The molecule has 0 amide bonds. The number of hydrogen-bond donors (Lipinski definition) is 2. The van der Waals surface area contributed by atoms with Crippen LogP contribution in [0.2, 0.25) is 0 Å². The van der Waals surface area contributed by atoms with Gasteiger partial charge in [0.25, 0.3) is 0 Å². The Labute approximate surface area is 109 Å².